The highest BCUT2D eigenvalue weighted by Crippen LogP contribution is 2.26. The van der Waals surface area contributed by atoms with Gasteiger partial charge in [0.25, 0.3) is 11.5 Å². The molecule has 0 saturated heterocycles. The van der Waals surface area contributed by atoms with Crippen molar-refractivity contribution in [2.75, 3.05) is 31.6 Å². The van der Waals surface area contributed by atoms with E-state index in [1.54, 1.807) is 43.4 Å². The summed E-state index contributed by atoms with van der Waals surface area (Å²) < 4.78 is 6.61. The molecule has 0 aliphatic rings. The number of ether oxygens (including phenoxy) is 1. The normalized spacial score (nSPS) is 11.0. The van der Waals surface area contributed by atoms with Gasteiger partial charge in [0.2, 0.25) is 0 Å². The van der Waals surface area contributed by atoms with Crippen molar-refractivity contribution in [2.24, 2.45) is 7.05 Å². The van der Waals surface area contributed by atoms with Crippen LogP contribution in [0.2, 0.25) is 0 Å². The molecule has 0 fully saturated rings. The van der Waals surface area contributed by atoms with Crippen molar-refractivity contribution < 1.29 is 19.4 Å². The molecule has 2 aromatic carbocycles. The number of para-hydroxylation sites is 1. The van der Waals surface area contributed by atoms with E-state index in [9.17, 15) is 19.5 Å². The van der Waals surface area contributed by atoms with Gasteiger partial charge in [-0.3, -0.25) is 9.59 Å². The highest BCUT2D eigenvalue weighted by Gasteiger charge is 2.21. The lowest BCUT2D eigenvalue weighted by Crippen LogP contribution is -2.28. The molecule has 32 heavy (non-hydrogen) atoms. The summed E-state index contributed by atoms with van der Waals surface area (Å²) in [6, 6.07) is 13.0. The second-order valence-electron chi connectivity index (χ2n) is 7.30. The number of aromatic nitrogens is 1. The Morgan fingerprint density at radius 2 is 1.72 bits per heavy atom. The van der Waals surface area contributed by atoms with E-state index in [2.05, 4.69) is 10.2 Å². The van der Waals surface area contributed by atoms with Gasteiger partial charge in [-0.05, 0) is 49.5 Å². The number of hydrogen-bond acceptors (Lipinski definition) is 6. The molecule has 1 heterocycles. The number of aromatic hydroxyl groups is 1. The maximum atomic E-state index is 12.8. The molecule has 0 aliphatic heterocycles. The molecular formula is C24H27N3O5. The number of carbonyl (C=O) groups excluding carboxylic acids is 2. The number of carbonyl (C=O) groups is 2. The van der Waals surface area contributed by atoms with Crippen molar-refractivity contribution in [1.82, 2.24) is 9.47 Å². The Kier molecular flexibility index (Phi) is 7.27. The van der Waals surface area contributed by atoms with Gasteiger partial charge in [0, 0.05) is 24.7 Å². The van der Waals surface area contributed by atoms with Crippen molar-refractivity contribution in [2.45, 2.75) is 13.8 Å². The van der Waals surface area contributed by atoms with E-state index in [4.69, 9.17) is 4.74 Å². The Morgan fingerprint density at radius 1 is 1.06 bits per heavy atom. The molecule has 3 aromatic rings. The Balaban J connectivity index is 1.72. The first-order valence-electron chi connectivity index (χ1n) is 10.5. The third kappa shape index (κ3) is 4.81. The zero-order valence-corrected chi connectivity index (χ0v) is 18.4. The van der Waals surface area contributed by atoms with Gasteiger partial charge in [0.1, 0.15) is 17.9 Å². The number of pyridine rings is 1. The summed E-state index contributed by atoms with van der Waals surface area (Å²) in [5.41, 5.74) is 0.310. The molecule has 3 rings (SSSR count). The number of nitrogens with one attached hydrogen (secondary N) is 1. The van der Waals surface area contributed by atoms with E-state index >= 15 is 0 Å². The summed E-state index contributed by atoms with van der Waals surface area (Å²) >= 11 is 0. The summed E-state index contributed by atoms with van der Waals surface area (Å²) in [5.74, 6) is -1.55. The molecule has 8 heteroatoms. The lowest BCUT2D eigenvalue weighted by Gasteiger charge is -2.17. The number of amides is 1. The maximum absolute atomic E-state index is 12.8. The van der Waals surface area contributed by atoms with Gasteiger partial charge >= 0.3 is 5.97 Å². The number of likely N-dealkylation sites (N-methyl/N-ethyl adjacent to an activating group) is 1. The number of anilines is 1. The first-order valence-corrected chi connectivity index (χ1v) is 10.5. The second kappa shape index (κ2) is 10.1. The van der Waals surface area contributed by atoms with Crippen LogP contribution in [0.3, 0.4) is 0 Å². The molecule has 0 spiro atoms. The molecule has 0 bridgehead atoms. The Hall–Kier alpha value is -3.65. The second-order valence-corrected chi connectivity index (χ2v) is 7.30. The average molecular weight is 437 g/mol. The Morgan fingerprint density at radius 3 is 2.38 bits per heavy atom. The Labute approximate surface area is 186 Å². The van der Waals surface area contributed by atoms with Gasteiger partial charge in [-0.1, -0.05) is 26.0 Å². The molecule has 8 nitrogen and oxygen atoms in total. The molecule has 0 aliphatic carbocycles. The average Bonchev–Trinajstić information content (AvgIpc) is 2.81. The van der Waals surface area contributed by atoms with Gasteiger partial charge in [-0.15, -0.1) is 0 Å². The lowest BCUT2D eigenvalue weighted by atomic mass is 10.1. The van der Waals surface area contributed by atoms with Crippen molar-refractivity contribution in [3.05, 3.63) is 70.0 Å². The number of rotatable bonds is 8. The summed E-state index contributed by atoms with van der Waals surface area (Å²) in [6.45, 7) is 6.83. The van der Waals surface area contributed by atoms with E-state index in [0.717, 1.165) is 13.1 Å². The molecule has 0 unspecified atom stereocenters. The molecular weight excluding hydrogens is 410 g/mol. The van der Waals surface area contributed by atoms with Crippen LogP contribution in [0.15, 0.2) is 53.3 Å². The summed E-state index contributed by atoms with van der Waals surface area (Å²) in [5, 5.41) is 13.5. The smallest absolute Gasteiger partial charge is 0.338 e. The highest BCUT2D eigenvalue weighted by atomic mass is 16.5. The van der Waals surface area contributed by atoms with E-state index in [-0.39, 0.29) is 11.3 Å². The molecule has 1 amide bonds. The summed E-state index contributed by atoms with van der Waals surface area (Å²) in [7, 11) is 1.54. The molecule has 2 N–H and O–H groups in total. The number of esters is 1. The molecule has 1 aromatic heterocycles. The van der Waals surface area contributed by atoms with Crippen LogP contribution < -0.4 is 10.9 Å². The number of hydrogen-bond donors (Lipinski definition) is 2. The van der Waals surface area contributed by atoms with Crippen LogP contribution >= 0.6 is 0 Å². The quantitative estimate of drug-likeness (QED) is 0.526. The summed E-state index contributed by atoms with van der Waals surface area (Å²) in [6.07, 6.45) is 0. The van der Waals surface area contributed by atoms with Gasteiger partial charge in [-0.2, -0.15) is 0 Å². The predicted octanol–water partition coefficient (Wildman–Crippen LogP) is 3.00. The topological polar surface area (TPSA) is 101 Å². The van der Waals surface area contributed by atoms with Crippen LogP contribution in [0, 0.1) is 0 Å². The predicted molar refractivity (Wildman–Crippen MR) is 123 cm³/mol. The zero-order valence-electron chi connectivity index (χ0n) is 18.4. The Bertz CT molecular complexity index is 1180. The van der Waals surface area contributed by atoms with Crippen LogP contribution in [-0.2, 0) is 11.8 Å². The zero-order chi connectivity index (χ0) is 23.3. The minimum Gasteiger partial charge on any atom is -0.506 e. The van der Waals surface area contributed by atoms with Crippen molar-refractivity contribution in [3.8, 4) is 5.75 Å². The standard InChI is InChI=1S/C24H27N3O5/c1-4-27(5-2)14-15-32-24(31)16-10-12-17(13-11-16)25-22(29)20-21(28)18-8-6-7-9-19(18)26(3)23(20)30/h6-13,28H,4-5,14-15H2,1-3H3,(H,25,29). The largest absolute Gasteiger partial charge is 0.506 e. The van der Waals surface area contributed by atoms with Gasteiger partial charge in [-0.25, -0.2) is 4.79 Å². The minimum atomic E-state index is -0.733. The van der Waals surface area contributed by atoms with Crippen LogP contribution in [0.4, 0.5) is 5.69 Å². The maximum Gasteiger partial charge on any atom is 0.338 e. The van der Waals surface area contributed by atoms with E-state index in [0.29, 0.717) is 35.3 Å². The van der Waals surface area contributed by atoms with Crippen molar-refractivity contribution >= 4 is 28.5 Å². The SMILES string of the molecule is CCN(CC)CCOC(=O)c1ccc(NC(=O)c2c(O)c3ccccc3n(C)c2=O)cc1. The van der Waals surface area contributed by atoms with Crippen molar-refractivity contribution in [3.63, 3.8) is 0 Å². The minimum absolute atomic E-state index is 0.295. The fraction of sp³-hybridized carbons (Fsp3) is 0.292. The van der Waals surface area contributed by atoms with E-state index in [1.807, 2.05) is 13.8 Å². The molecule has 168 valence electrons. The summed E-state index contributed by atoms with van der Waals surface area (Å²) in [4.78, 5) is 39.8. The monoisotopic (exact) mass is 437 g/mol. The van der Waals surface area contributed by atoms with Gasteiger partial charge in [0.15, 0.2) is 0 Å². The fourth-order valence-electron chi connectivity index (χ4n) is 3.46. The molecule has 0 atom stereocenters. The number of fused-ring (bicyclic) bond motifs is 1. The third-order valence-corrected chi connectivity index (χ3v) is 5.42. The highest BCUT2D eigenvalue weighted by molar-refractivity contribution is 6.09. The third-order valence-electron chi connectivity index (χ3n) is 5.42. The first kappa shape index (κ1) is 23.0. The van der Waals surface area contributed by atoms with Crippen LogP contribution in [0.25, 0.3) is 10.9 Å². The van der Waals surface area contributed by atoms with Crippen LogP contribution in [0.5, 0.6) is 5.75 Å². The molecule has 0 radical (unpaired) electrons. The lowest BCUT2D eigenvalue weighted by molar-refractivity contribution is 0.0466. The number of aryl methyl sites for hydroxylation is 1. The number of nitrogens with zero attached hydrogens (tertiary/aromatic N) is 2. The van der Waals surface area contributed by atoms with Crippen molar-refractivity contribution in [1.29, 1.82) is 0 Å². The van der Waals surface area contributed by atoms with E-state index < -0.39 is 17.4 Å². The van der Waals surface area contributed by atoms with E-state index in [1.165, 1.54) is 16.7 Å². The van der Waals surface area contributed by atoms with Gasteiger partial charge < -0.3 is 24.6 Å². The van der Waals surface area contributed by atoms with Crippen LogP contribution in [-0.4, -0.2) is 52.7 Å². The molecule has 0 saturated carbocycles. The van der Waals surface area contributed by atoms with Crippen LogP contribution in [0.1, 0.15) is 34.6 Å². The first-order chi connectivity index (χ1) is 15.4. The number of benzene rings is 2. The van der Waals surface area contributed by atoms with Gasteiger partial charge in [0.05, 0.1) is 11.1 Å². The fourth-order valence-corrected chi connectivity index (χ4v) is 3.46.